The molecule has 19 heavy (non-hydrogen) atoms. The zero-order chi connectivity index (χ0) is 14.2. The Hall–Kier alpha value is -2.11. The first kappa shape index (κ1) is 13.3. The monoisotopic (exact) mass is 268 g/mol. The van der Waals surface area contributed by atoms with Crippen LogP contribution < -0.4 is 0 Å². The summed E-state index contributed by atoms with van der Waals surface area (Å²) < 4.78 is 40.0. The normalized spacial score (nSPS) is 11.6. The molecule has 3 nitrogen and oxygen atoms in total. The van der Waals surface area contributed by atoms with Gasteiger partial charge in [-0.05, 0) is 26.0 Å². The molecule has 0 atom stereocenters. The minimum absolute atomic E-state index is 0.0799. The van der Waals surface area contributed by atoms with E-state index in [0.717, 1.165) is 10.7 Å². The molecule has 2 aromatic rings. The molecule has 100 valence electrons. The second kappa shape index (κ2) is 4.53. The van der Waals surface area contributed by atoms with Gasteiger partial charge in [0.25, 0.3) is 0 Å². The van der Waals surface area contributed by atoms with Crippen molar-refractivity contribution in [2.45, 2.75) is 20.0 Å². The molecule has 6 heteroatoms. The van der Waals surface area contributed by atoms with E-state index in [1.165, 1.54) is 18.2 Å². The summed E-state index contributed by atoms with van der Waals surface area (Å²) in [4.78, 5) is 10.9. The van der Waals surface area contributed by atoms with Crippen molar-refractivity contribution in [1.29, 1.82) is 0 Å². The number of aryl methyl sites for hydroxylation is 1. The van der Waals surface area contributed by atoms with Gasteiger partial charge in [0.1, 0.15) is 0 Å². The Morgan fingerprint density at radius 2 is 1.84 bits per heavy atom. The zero-order valence-electron chi connectivity index (χ0n) is 10.3. The maximum Gasteiger partial charge on any atom is 0.418 e. The molecule has 0 radical (unpaired) electrons. The molecule has 0 saturated heterocycles. The van der Waals surface area contributed by atoms with Crippen LogP contribution in [0.2, 0.25) is 0 Å². The molecule has 0 aliphatic heterocycles. The number of rotatable bonds is 2. The zero-order valence-corrected chi connectivity index (χ0v) is 10.3. The van der Waals surface area contributed by atoms with Crippen molar-refractivity contribution in [2.24, 2.45) is 0 Å². The quantitative estimate of drug-likeness (QED) is 0.783. The van der Waals surface area contributed by atoms with Crippen LogP contribution in [0.5, 0.6) is 0 Å². The van der Waals surface area contributed by atoms with Gasteiger partial charge in [0.15, 0.2) is 6.29 Å². The summed E-state index contributed by atoms with van der Waals surface area (Å²) in [5, 5.41) is 4.01. The van der Waals surface area contributed by atoms with E-state index in [1.54, 1.807) is 13.8 Å². The lowest BCUT2D eigenvalue weighted by molar-refractivity contribution is -0.137. The van der Waals surface area contributed by atoms with E-state index in [0.29, 0.717) is 23.2 Å². The lowest BCUT2D eigenvalue weighted by Gasteiger charge is -2.13. The third-order valence-corrected chi connectivity index (χ3v) is 2.90. The number of aldehydes is 1. The number of carbonyl (C=O) groups is 1. The highest BCUT2D eigenvalue weighted by molar-refractivity contribution is 5.78. The fraction of sp³-hybridized carbons (Fsp3) is 0.231. The average molecular weight is 268 g/mol. The van der Waals surface area contributed by atoms with Crippen LogP contribution in [-0.2, 0) is 6.18 Å². The molecule has 1 aromatic heterocycles. The third kappa shape index (κ3) is 2.25. The molecule has 0 amide bonds. The van der Waals surface area contributed by atoms with Crippen LogP contribution in [0.1, 0.15) is 27.3 Å². The summed E-state index contributed by atoms with van der Waals surface area (Å²) >= 11 is 0. The van der Waals surface area contributed by atoms with Crippen molar-refractivity contribution in [3.63, 3.8) is 0 Å². The first-order chi connectivity index (χ1) is 8.86. The van der Waals surface area contributed by atoms with Gasteiger partial charge < -0.3 is 0 Å². The maximum absolute atomic E-state index is 12.9. The summed E-state index contributed by atoms with van der Waals surface area (Å²) in [5.74, 6) is 0. The van der Waals surface area contributed by atoms with Gasteiger partial charge >= 0.3 is 6.18 Å². The van der Waals surface area contributed by atoms with Crippen LogP contribution in [0.15, 0.2) is 24.3 Å². The lowest BCUT2D eigenvalue weighted by Crippen LogP contribution is -2.12. The number of hydrogen-bond acceptors (Lipinski definition) is 2. The number of alkyl halides is 3. The summed E-state index contributed by atoms with van der Waals surface area (Å²) in [5.41, 5.74) is 0.257. The van der Waals surface area contributed by atoms with Crippen LogP contribution in [0.3, 0.4) is 0 Å². The first-order valence-corrected chi connectivity index (χ1v) is 5.54. The molecule has 1 aromatic carbocycles. The second-order valence-corrected chi connectivity index (χ2v) is 4.13. The van der Waals surface area contributed by atoms with Gasteiger partial charge in [0.05, 0.1) is 28.2 Å². The average Bonchev–Trinajstić information content (AvgIpc) is 2.63. The minimum Gasteiger partial charge on any atom is -0.298 e. The van der Waals surface area contributed by atoms with Crippen molar-refractivity contribution in [2.75, 3.05) is 0 Å². The smallest absolute Gasteiger partial charge is 0.298 e. The van der Waals surface area contributed by atoms with Gasteiger partial charge in [0, 0.05) is 0 Å². The standard InChI is InChI=1S/C13H11F3N2O/c1-8-10(7-19)9(2)18(17-8)12-6-4-3-5-11(12)13(14,15)16/h3-7H,1-2H3. The third-order valence-electron chi connectivity index (χ3n) is 2.90. The van der Waals surface area contributed by atoms with Crippen molar-refractivity contribution in [3.8, 4) is 5.69 Å². The highest BCUT2D eigenvalue weighted by Gasteiger charge is 2.34. The van der Waals surface area contributed by atoms with Crippen molar-refractivity contribution in [1.82, 2.24) is 9.78 Å². The van der Waals surface area contributed by atoms with Gasteiger partial charge in [-0.3, -0.25) is 4.79 Å². The summed E-state index contributed by atoms with van der Waals surface area (Å²) in [6, 6.07) is 5.14. The molecular weight excluding hydrogens is 257 g/mol. The second-order valence-electron chi connectivity index (χ2n) is 4.13. The van der Waals surface area contributed by atoms with E-state index in [4.69, 9.17) is 0 Å². The van der Waals surface area contributed by atoms with Crippen LogP contribution in [0.4, 0.5) is 13.2 Å². The van der Waals surface area contributed by atoms with Gasteiger partial charge in [-0.15, -0.1) is 0 Å². The van der Waals surface area contributed by atoms with E-state index in [-0.39, 0.29) is 5.69 Å². The molecule has 0 aliphatic rings. The van der Waals surface area contributed by atoms with Crippen molar-refractivity contribution < 1.29 is 18.0 Å². The highest BCUT2D eigenvalue weighted by Crippen LogP contribution is 2.34. The Morgan fingerprint density at radius 3 is 2.37 bits per heavy atom. The predicted octanol–water partition coefficient (Wildman–Crippen LogP) is 3.32. The largest absolute Gasteiger partial charge is 0.418 e. The number of carbonyl (C=O) groups excluding carboxylic acids is 1. The van der Waals surface area contributed by atoms with Crippen LogP contribution in [-0.4, -0.2) is 16.1 Å². The van der Waals surface area contributed by atoms with Crippen LogP contribution in [0, 0.1) is 13.8 Å². The molecule has 0 spiro atoms. The molecular formula is C13H11F3N2O. The number of benzene rings is 1. The molecule has 0 aliphatic carbocycles. The Balaban J connectivity index is 2.70. The molecule has 0 bridgehead atoms. The molecule has 0 unspecified atom stereocenters. The Labute approximate surface area is 107 Å². The fourth-order valence-electron chi connectivity index (χ4n) is 1.96. The number of aromatic nitrogens is 2. The van der Waals surface area contributed by atoms with Gasteiger partial charge in [-0.25, -0.2) is 4.68 Å². The van der Waals surface area contributed by atoms with E-state index >= 15 is 0 Å². The SMILES string of the molecule is Cc1nn(-c2ccccc2C(F)(F)F)c(C)c1C=O. The van der Waals surface area contributed by atoms with Gasteiger partial charge in [-0.2, -0.15) is 18.3 Å². The summed E-state index contributed by atoms with van der Waals surface area (Å²) in [6.45, 7) is 3.15. The number of halogens is 3. The first-order valence-electron chi connectivity index (χ1n) is 5.54. The number of nitrogens with zero attached hydrogens (tertiary/aromatic N) is 2. The topological polar surface area (TPSA) is 34.9 Å². The molecule has 0 fully saturated rings. The van der Waals surface area contributed by atoms with E-state index in [1.807, 2.05) is 0 Å². The molecule has 0 saturated carbocycles. The minimum atomic E-state index is -4.47. The maximum atomic E-state index is 12.9. The van der Waals surface area contributed by atoms with Crippen LogP contribution in [0.25, 0.3) is 5.69 Å². The van der Waals surface area contributed by atoms with E-state index in [9.17, 15) is 18.0 Å². The molecule has 1 heterocycles. The summed E-state index contributed by atoms with van der Waals surface area (Å²) in [7, 11) is 0. The Morgan fingerprint density at radius 1 is 1.21 bits per heavy atom. The van der Waals surface area contributed by atoms with Gasteiger partial charge in [0.2, 0.25) is 0 Å². The Kier molecular flexibility index (Phi) is 3.18. The van der Waals surface area contributed by atoms with Crippen molar-refractivity contribution in [3.05, 3.63) is 46.8 Å². The Bertz CT molecular complexity index is 629. The number of hydrogen-bond donors (Lipinski definition) is 0. The van der Waals surface area contributed by atoms with Crippen LogP contribution >= 0.6 is 0 Å². The molecule has 2 rings (SSSR count). The number of para-hydroxylation sites is 1. The van der Waals surface area contributed by atoms with E-state index in [2.05, 4.69) is 5.10 Å². The van der Waals surface area contributed by atoms with Gasteiger partial charge in [-0.1, -0.05) is 12.1 Å². The van der Waals surface area contributed by atoms with Crippen molar-refractivity contribution >= 4 is 6.29 Å². The van der Waals surface area contributed by atoms with E-state index < -0.39 is 11.7 Å². The summed E-state index contributed by atoms with van der Waals surface area (Å²) in [6.07, 6.45) is -3.87. The fourth-order valence-corrected chi connectivity index (χ4v) is 1.96. The highest BCUT2D eigenvalue weighted by atomic mass is 19.4. The molecule has 0 N–H and O–H groups in total. The lowest BCUT2D eigenvalue weighted by atomic mass is 10.1. The predicted molar refractivity (Wildman–Crippen MR) is 63.4 cm³/mol.